The van der Waals surface area contributed by atoms with Crippen LogP contribution < -0.4 is 5.19 Å². The molecule has 2 atom stereocenters. The molecule has 2 nitrogen and oxygen atoms in total. The van der Waals surface area contributed by atoms with E-state index in [2.05, 4.69) is 79.1 Å². The number of nitrogens with zero attached hydrogens (tertiary/aromatic N) is 1. The molecular weight excluding hydrogens is 334 g/mol. The van der Waals surface area contributed by atoms with Gasteiger partial charge in [-0.2, -0.15) is 0 Å². The van der Waals surface area contributed by atoms with Gasteiger partial charge in [-0.1, -0.05) is 79.4 Å². The highest BCUT2D eigenvalue weighted by atomic mass is 28.3. The van der Waals surface area contributed by atoms with Crippen molar-refractivity contribution >= 4 is 13.3 Å². The fraction of sp³-hybridized carbons (Fsp3) is 0.478. The van der Waals surface area contributed by atoms with Gasteiger partial charge in [-0.15, -0.1) is 0 Å². The number of benzene rings is 2. The SMILES string of the molecule is C[Si](C)(C)c1cccc(C2(O)CC3CCC(C2)N3Cc2ccccc2)c1. The second kappa shape index (κ2) is 6.63. The van der Waals surface area contributed by atoms with Crippen LogP contribution in [0.15, 0.2) is 54.6 Å². The largest absolute Gasteiger partial charge is 0.385 e. The fourth-order valence-corrected chi connectivity index (χ4v) is 6.06. The number of hydrogen-bond donors (Lipinski definition) is 1. The number of hydrogen-bond acceptors (Lipinski definition) is 2. The lowest BCUT2D eigenvalue weighted by Gasteiger charge is -2.44. The molecule has 0 radical (unpaired) electrons. The average Bonchev–Trinajstić information content (AvgIpc) is 2.86. The van der Waals surface area contributed by atoms with Crippen molar-refractivity contribution in [1.29, 1.82) is 0 Å². The van der Waals surface area contributed by atoms with Crippen LogP contribution in [-0.4, -0.2) is 30.2 Å². The van der Waals surface area contributed by atoms with Gasteiger partial charge in [0.25, 0.3) is 0 Å². The molecule has 0 aliphatic carbocycles. The van der Waals surface area contributed by atoms with E-state index in [1.54, 1.807) is 0 Å². The maximum Gasteiger partial charge on any atom is 0.0926 e. The van der Waals surface area contributed by atoms with E-state index in [1.165, 1.54) is 23.6 Å². The van der Waals surface area contributed by atoms with E-state index in [1.807, 2.05) is 0 Å². The summed E-state index contributed by atoms with van der Waals surface area (Å²) in [7, 11) is -1.37. The fourth-order valence-electron chi connectivity index (χ4n) is 4.88. The van der Waals surface area contributed by atoms with Crippen molar-refractivity contribution in [3.8, 4) is 0 Å². The number of piperidine rings is 1. The van der Waals surface area contributed by atoms with Crippen molar-refractivity contribution in [3.05, 3.63) is 65.7 Å². The Bertz CT molecular complexity index is 753. The Hall–Kier alpha value is -1.42. The molecule has 2 aliphatic heterocycles. The summed E-state index contributed by atoms with van der Waals surface area (Å²) in [6.45, 7) is 8.15. The Labute approximate surface area is 158 Å². The second-order valence-electron chi connectivity index (χ2n) is 9.31. The topological polar surface area (TPSA) is 23.5 Å². The Balaban J connectivity index is 1.56. The lowest BCUT2D eigenvalue weighted by atomic mass is 9.80. The molecule has 2 fully saturated rings. The Kier molecular flexibility index (Phi) is 4.58. The molecule has 0 aromatic heterocycles. The molecule has 2 aliphatic rings. The van der Waals surface area contributed by atoms with Crippen molar-refractivity contribution in [2.24, 2.45) is 0 Å². The highest BCUT2D eigenvalue weighted by molar-refractivity contribution is 6.88. The molecular formula is C23H31NOSi. The predicted octanol–water partition coefficient (Wildman–Crippen LogP) is 4.25. The zero-order valence-electron chi connectivity index (χ0n) is 16.3. The summed E-state index contributed by atoms with van der Waals surface area (Å²) in [5.41, 5.74) is 1.87. The third kappa shape index (κ3) is 3.40. The minimum atomic E-state index is -1.37. The van der Waals surface area contributed by atoms with Gasteiger partial charge < -0.3 is 5.11 Å². The van der Waals surface area contributed by atoms with Crippen molar-refractivity contribution in [3.63, 3.8) is 0 Å². The molecule has 4 rings (SSSR count). The van der Waals surface area contributed by atoms with E-state index in [0.717, 1.165) is 24.9 Å². The molecule has 2 aromatic carbocycles. The van der Waals surface area contributed by atoms with E-state index in [4.69, 9.17) is 0 Å². The first-order valence-electron chi connectivity index (χ1n) is 9.98. The van der Waals surface area contributed by atoms with E-state index in [9.17, 15) is 5.11 Å². The maximum absolute atomic E-state index is 11.6. The minimum Gasteiger partial charge on any atom is -0.385 e. The maximum atomic E-state index is 11.6. The highest BCUT2D eigenvalue weighted by Crippen LogP contribution is 2.46. The first kappa shape index (κ1) is 18.0. The lowest BCUT2D eigenvalue weighted by Crippen LogP contribution is -2.49. The van der Waals surface area contributed by atoms with Gasteiger partial charge >= 0.3 is 0 Å². The van der Waals surface area contributed by atoms with Crippen LogP contribution in [-0.2, 0) is 12.1 Å². The van der Waals surface area contributed by atoms with Crippen LogP contribution in [0.4, 0.5) is 0 Å². The molecule has 2 unspecified atom stereocenters. The third-order valence-corrected chi connectivity index (χ3v) is 8.43. The first-order valence-corrected chi connectivity index (χ1v) is 13.5. The number of rotatable bonds is 4. The zero-order chi connectivity index (χ0) is 18.4. The summed E-state index contributed by atoms with van der Waals surface area (Å²) in [6.07, 6.45) is 4.16. The quantitative estimate of drug-likeness (QED) is 0.819. The van der Waals surface area contributed by atoms with E-state index >= 15 is 0 Å². The molecule has 2 heterocycles. The van der Waals surface area contributed by atoms with Crippen LogP contribution >= 0.6 is 0 Å². The Morgan fingerprint density at radius 3 is 2.23 bits per heavy atom. The van der Waals surface area contributed by atoms with Gasteiger partial charge in [-0.3, -0.25) is 4.90 Å². The van der Waals surface area contributed by atoms with Gasteiger partial charge in [-0.05, 0) is 36.8 Å². The molecule has 138 valence electrons. The average molecular weight is 366 g/mol. The van der Waals surface area contributed by atoms with Crippen LogP contribution in [0.2, 0.25) is 19.6 Å². The predicted molar refractivity (Wildman–Crippen MR) is 111 cm³/mol. The molecule has 26 heavy (non-hydrogen) atoms. The van der Waals surface area contributed by atoms with Crippen LogP contribution in [0.3, 0.4) is 0 Å². The molecule has 0 spiro atoms. The van der Waals surface area contributed by atoms with Crippen LogP contribution in [0.1, 0.15) is 36.8 Å². The van der Waals surface area contributed by atoms with E-state index in [-0.39, 0.29) is 0 Å². The Morgan fingerprint density at radius 2 is 1.62 bits per heavy atom. The molecule has 1 N–H and O–H groups in total. The van der Waals surface area contributed by atoms with Crippen molar-refractivity contribution < 1.29 is 5.11 Å². The van der Waals surface area contributed by atoms with Gasteiger partial charge in [0, 0.05) is 18.6 Å². The standard InChI is InChI=1S/C23H31NOSi/c1-26(2,3)22-11-7-10-19(14-22)23(25)15-20-12-13-21(16-23)24(20)17-18-8-5-4-6-9-18/h4-11,14,20-21,25H,12-13,15-17H2,1-3H3. The molecule has 2 aromatic rings. The number of fused-ring (bicyclic) bond motifs is 2. The summed E-state index contributed by atoms with van der Waals surface area (Å²) < 4.78 is 0. The summed E-state index contributed by atoms with van der Waals surface area (Å²) >= 11 is 0. The molecule has 3 heteroatoms. The van der Waals surface area contributed by atoms with E-state index < -0.39 is 13.7 Å². The smallest absolute Gasteiger partial charge is 0.0926 e. The lowest BCUT2D eigenvalue weighted by molar-refractivity contribution is -0.0594. The van der Waals surface area contributed by atoms with Crippen LogP contribution in [0, 0.1) is 0 Å². The van der Waals surface area contributed by atoms with E-state index in [0.29, 0.717) is 12.1 Å². The monoisotopic (exact) mass is 365 g/mol. The summed E-state index contributed by atoms with van der Waals surface area (Å²) in [5, 5.41) is 13.0. The summed E-state index contributed by atoms with van der Waals surface area (Å²) in [6, 6.07) is 20.6. The molecule has 0 saturated carbocycles. The summed E-state index contributed by atoms with van der Waals surface area (Å²) in [4.78, 5) is 2.65. The number of aliphatic hydroxyl groups is 1. The first-order chi connectivity index (χ1) is 12.4. The van der Waals surface area contributed by atoms with Gasteiger partial charge in [0.15, 0.2) is 0 Å². The Morgan fingerprint density at radius 1 is 0.962 bits per heavy atom. The summed E-state index contributed by atoms with van der Waals surface area (Å²) in [5.74, 6) is 0. The molecule has 2 saturated heterocycles. The normalized spacial score (nSPS) is 29.1. The van der Waals surface area contributed by atoms with Gasteiger partial charge in [0.1, 0.15) is 0 Å². The third-order valence-electron chi connectivity index (χ3n) is 6.39. The molecule has 2 bridgehead atoms. The second-order valence-corrected chi connectivity index (χ2v) is 14.4. The van der Waals surface area contributed by atoms with Crippen molar-refractivity contribution in [2.45, 2.75) is 69.6 Å². The minimum absolute atomic E-state index is 0.495. The highest BCUT2D eigenvalue weighted by Gasteiger charge is 2.48. The van der Waals surface area contributed by atoms with Crippen LogP contribution in [0.25, 0.3) is 0 Å². The van der Waals surface area contributed by atoms with Gasteiger partial charge in [0.05, 0.1) is 13.7 Å². The van der Waals surface area contributed by atoms with Crippen LogP contribution in [0.5, 0.6) is 0 Å². The van der Waals surface area contributed by atoms with Crippen molar-refractivity contribution in [2.75, 3.05) is 0 Å². The van der Waals surface area contributed by atoms with Crippen molar-refractivity contribution in [1.82, 2.24) is 4.90 Å². The van der Waals surface area contributed by atoms with Gasteiger partial charge in [-0.25, -0.2) is 0 Å². The molecule has 0 amide bonds. The zero-order valence-corrected chi connectivity index (χ0v) is 17.3. The van der Waals surface area contributed by atoms with Gasteiger partial charge in [0.2, 0.25) is 0 Å².